The lowest BCUT2D eigenvalue weighted by Crippen LogP contribution is -2.47. The van der Waals surface area contributed by atoms with Crippen LogP contribution in [-0.4, -0.2) is 27.7 Å². The van der Waals surface area contributed by atoms with E-state index in [1.807, 2.05) is 0 Å². The van der Waals surface area contributed by atoms with Crippen molar-refractivity contribution in [3.8, 4) is 0 Å². The number of pyridine rings is 1. The molecule has 0 unspecified atom stereocenters. The number of carbonyl (C=O) groups excluding carboxylic acids is 2. The maximum absolute atomic E-state index is 13.6. The van der Waals surface area contributed by atoms with Gasteiger partial charge in [-0.05, 0) is 54.8 Å². The van der Waals surface area contributed by atoms with Crippen molar-refractivity contribution in [1.82, 2.24) is 15.2 Å². The summed E-state index contributed by atoms with van der Waals surface area (Å²) in [6, 6.07) is 13.3. The summed E-state index contributed by atoms with van der Waals surface area (Å²) in [6.07, 6.45) is 8.17. The Kier molecular flexibility index (Phi) is 6.94. The maximum Gasteiger partial charge on any atom is 0.273 e. The van der Waals surface area contributed by atoms with Gasteiger partial charge in [0.2, 0.25) is 5.91 Å². The second-order valence-corrected chi connectivity index (χ2v) is 8.03. The summed E-state index contributed by atoms with van der Waals surface area (Å²) < 4.78 is 19.1. The lowest BCUT2D eigenvalue weighted by molar-refractivity contribution is -0.127. The molecule has 2 amide bonds. The molecular weight excluding hydrogens is 409 g/mol. The molecule has 1 aliphatic rings. The van der Waals surface area contributed by atoms with Gasteiger partial charge in [-0.25, -0.2) is 4.39 Å². The molecule has 0 spiro atoms. The van der Waals surface area contributed by atoms with Crippen LogP contribution in [0.4, 0.5) is 4.39 Å². The molecule has 32 heavy (non-hydrogen) atoms. The summed E-state index contributed by atoms with van der Waals surface area (Å²) >= 11 is 0. The van der Waals surface area contributed by atoms with E-state index in [4.69, 9.17) is 4.42 Å². The monoisotopic (exact) mass is 435 g/mol. The number of rotatable bonds is 7. The summed E-state index contributed by atoms with van der Waals surface area (Å²) in [7, 11) is 0. The summed E-state index contributed by atoms with van der Waals surface area (Å²) in [5.74, 6) is -0.574. The largest absolute Gasteiger partial charge is 0.467 e. The van der Waals surface area contributed by atoms with E-state index in [0.29, 0.717) is 11.3 Å². The number of amides is 2. The smallest absolute Gasteiger partial charge is 0.273 e. The minimum absolute atomic E-state index is 0.0645. The van der Waals surface area contributed by atoms with E-state index in [1.54, 1.807) is 42.5 Å². The van der Waals surface area contributed by atoms with Crippen molar-refractivity contribution in [3.63, 3.8) is 0 Å². The molecule has 2 heterocycles. The highest BCUT2D eigenvalue weighted by atomic mass is 19.1. The van der Waals surface area contributed by atoms with Gasteiger partial charge in [0.1, 0.15) is 23.3 Å². The average molecular weight is 435 g/mol. The highest BCUT2D eigenvalue weighted by Gasteiger charge is 2.34. The quantitative estimate of drug-likeness (QED) is 0.586. The number of aromatic nitrogens is 1. The van der Waals surface area contributed by atoms with Crippen molar-refractivity contribution < 1.29 is 18.4 Å². The first kappa shape index (κ1) is 21.7. The number of benzene rings is 1. The molecular formula is C25H26FN3O3. The fraction of sp³-hybridized carbons (Fsp3) is 0.320. The summed E-state index contributed by atoms with van der Waals surface area (Å²) in [6.45, 7) is 0.0720. The molecule has 1 aromatic carbocycles. The molecule has 4 rings (SSSR count). The van der Waals surface area contributed by atoms with Gasteiger partial charge in [0.15, 0.2) is 0 Å². The molecule has 1 aliphatic carbocycles. The summed E-state index contributed by atoms with van der Waals surface area (Å²) in [5, 5.41) is 3.12. The van der Waals surface area contributed by atoms with E-state index in [0.717, 1.165) is 32.1 Å². The van der Waals surface area contributed by atoms with Gasteiger partial charge in [-0.2, -0.15) is 0 Å². The number of hydrogen-bond donors (Lipinski definition) is 1. The summed E-state index contributed by atoms with van der Waals surface area (Å²) in [4.78, 5) is 32.7. The first-order valence-electron chi connectivity index (χ1n) is 10.9. The molecule has 1 saturated carbocycles. The van der Waals surface area contributed by atoms with Crippen LogP contribution in [0.25, 0.3) is 0 Å². The van der Waals surface area contributed by atoms with Gasteiger partial charge in [-0.3, -0.25) is 14.6 Å². The number of carbonyl (C=O) groups is 2. The van der Waals surface area contributed by atoms with Crippen molar-refractivity contribution in [2.75, 3.05) is 0 Å². The number of hydrogen-bond acceptors (Lipinski definition) is 4. The van der Waals surface area contributed by atoms with Gasteiger partial charge < -0.3 is 14.6 Å². The predicted octanol–water partition coefficient (Wildman–Crippen LogP) is 4.65. The Morgan fingerprint density at radius 2 is 1.84 bits per heavy atom. The molecule has 2 aromatic heterocycles. The number of halogens is 1. The highest BCUT2D eigenvalue weighted by Crippen LogP contribution is 2.27. The second kappa shape index (κ2) is 10.2. The Balaban J connectivity index is 1.71. The van der Waals surface area contributed by atoms with E-state index in [2.05, 4.69) is 10.3 Å². The Morgan fingerprint density at radius 1 is 1.06 bits per heavy atom. The third-order valence-corrected chi connectivity index (χ3v) is 5.75. The van der Waals surface area contributed by atoms with Crippen molar-refractivity contribution in [2.24, 2.45) is 0 Å². The van der Waals surface area contributed by atoms with Crippen molar-refractivity contribution in [1.29, 1.82) is 0 Å². The van der Waals surface area contributed by atoms with Crippen molar-refractivity contribution in [2.45, 2.75) is 50.7 Å². The van der Waals surface area contributed by atoms with Gasteiger partial charge in [0, 0.05) is 12.2 Å². The van der Waals surface area contributed by atoms with Crippen LogP contribution in [0.2, 0.25) is 0 Å². The normalized spacial score (nSPS) is 15.2. The molecule has 1 N–H and O–H groups in total. The van der Waals surface area contributed by atoms with E-state index in [9.17, 15) is 14.0 Å². The first-order valence-corrected chi connectivity index (χ1v) is 10.9. The van der Waals surface area contributed by atoms with E-state index in [1.165, 1.54) is 29.5 Å². The zero-order valence-electron chi connectivity index (χ0n) is 17.7. The van der Waals surface area contributed by atoms with Crippen LogP contribution in [0, 0.1) is 5.82 Å². The van der Waals surface area contributed by atoms with Gasteiger partial charge >= 0.3 is 0 Å². The lowest BCUT2D eigenvalue weighted by atomic mass is 9.94. The lowest BCUT2D eigenvalue weighted by Gasteiger charge is -2.32. The van der Waals surface area contributed by atoms with Crippen LogP contribution in [0.5, 0.6) is 0 Å². The molecule has 0 radical (unpaired) electrons. The molecule has 3 aromatic rings. The van der Waals surface area contributed by atoms with Gasteiger partial charge in [0.05, 0.1) is 12.8 Å². The number of nitrogens with zero attached hydrogens (tertiary/aromatic N) is 2. The van der Waals surface area contributed by atoms with Crippen LogP contribution in [0.15, 0.2) is 71.5 Å². The second-order valence-electron chi connectivity index (χ2n) is 8.03. The first-order chi connectivity index (χ1) is 15.6. The van der Waals surface area contributed by atoms with Crippen LogP contribution >= 0.6 is 0 Å². The molecule has 0 bridgehead atoms. The molecule has 0 saturated heterocycles. The molecule has 1 fully saturated rings. The third-order valence-electron chi connectivity index (χ3n) is 5.75. The molecule has 0 aliphatic heterocycles. The molecule has 166 valence electrons. The Morgan fingerprint density at radius 3 is 2.50 bits per heavy atom. The predicted molar refractivity (Wildman–Crippen MR) is 117 cm³/mol. The van der Waals surface area contributed by atoms with Crippen LogP contribution in [0.3, 0.4) is 0 Å². The van der Waals surface area contributed by atoms with Gasteiger partial charge in [0.25, 0.3) is 5.91 Å². The van der Waals surface area contributed by atoms with Crippen LogP contribution in [-0.2, 0) is 11.3 Å². The van der Waals surface area contributed by atoms with Crippen LogP contribution in [0.1, 0.15) is 60.0 Å². The number of nitrogens with one attached hydrogen (secondary N) is 1. The van der Waals surface area contributed by atoms with E-state index < -0.39 is 17.8 Å². The fourth-order valence-electron chi connectivity index (χ4n) is 4.13. The standard InChI is InChI=1S/C25H26FN3O3/c26-19-13-11-18(12-14-19)23(24(30)28-20-7-2-1-3-8-20)29(17-21-9-6-16-32-21)25(31)22-10-4-5-15-27-22/h4-6,9-16,20,23H,1-3,7-8,17H2,(H,28,30)/t23-/m1/s1. The minimum atomic E-state index is -0.961. The SMILES string of the molecule is O=C(NC1CCCCC1)[C@@H](c1ccc(F)cc1)N(Cc1ccco1)C(=O)c1ccccn1. The molecule has 1 atom stereocenters. The van der Waals surface area contributed by atoms with E-state index in [-0.39, 0.29) is 24.2 Å². The highest BCUT2D eigenvalue weighted by molar-refractivity contribution is 5.96. The Labute approximate surface area is 186 Å². The minimum Gasteiger partial charge on any atom is -0.467 e. The maximum atomic E-state index is 13.6. The van der Waals surface area contributed by atoms with Crippen molar-refractivity contribution >= 4 is 11.8 Å². The fourth-order valence-corrected chi connectivity index (χ4v) is 4.13. The zero-order valence-corrected chi connectivity index (χ0v) is 17.7. The Bertz CT molecular complexity index is 1020. The van der Waals surface area contributed by atoms with Gasteiger partial charge in [-0.15, -0.1) is 0 Å². The zero-order chi connectivity index (χ0) is 22.3. The topological polar surface area (TPSA) is 75.4 Å². The molecule has 6 nitrogen and oxygen atoms in total. The summed E-state index contributed by atoms with van der Waals surface area (Å²) in [5.41, 5.74) is 0.743. The molecule has 7 heteroatoms. The van der Waals surface area contributed by atoms with Gasteiger partial charge in [-0.1, -0.05) is 37.5 Å². The Hall–Kier alpha value is -3.48. The van der Waals surface area contributed by atoms with Crippen molar-refractivity contribution in [3.05, 3.63) is 89.9 Å². The average Bonchev–Trinajstić information content (AvgIpc) is 3.34. The number of furan rings is 1. The van der Waals surface area contributed by atoms with Crippen LogP contribution < -0.4 is 5.32 Å². The van der Waals surface area contributed by atoms with E-state index >= 15 is 0 Å². The third kappa shape index (κ3) is 5.22.